The lowest BCUT2D eigenvalue weighted by atomic mass is 9.89. The zero-order valence-electron chi connectivity index (χ0n) is 9.25. The number of rotatable bonds is 3. The molecule has 0 spiro atoms. The Labute approximate surface area is 90.3 Å². The van der Waals surface area contributed by atoms with E-state index >= 15 is 0 Å². The SMILES string of the molecule is COC(=O)C1(CC2CCCO2)CCCN1. The number of ether oxygens (including phenoxy) is 2. The molecule has 2 fully saturated rings. The van der Waals surface area contributed by atoms with Gasteiger partial charge in [0.15, 0.2) is 0 Å². The van der Waals surface area contributed by atoms with Crippen molar-refractivity contribution in [2.45, 2.75) is 43.7 Å². The van der Waals surface area contributed by atoms with Crippen molar-refractivity contribution in [3.63, 3.8) is 0 Å². The lowest BCUT2D eigenvalue weighted by molar-refractivity contribution is -0.149. The molecule has 4 heteroatoms. The van der Waals surface area contributed by atoms with Gasteiger partial charge in [-0.05, 0) is 32.2 Å². The van der Waals surface area contributed by atoms with Crippen LogP contribution in [0.1, 0.15) is 32.1 Å². The van der Waals surface area contributed by atoms with E-state index in [0.29, 0.717) is 0 Å². The molecule has 4 nitrogen and oxygen atoms in total. The summed E-state index contributed by atoms with van der Waals surface area (Å²) >= 11 is 0. The van der Waals surface area contributed by atoms with Gasteiger partial charge in [-0.15, -0.1) is 0 Å². The van der Waals surface area contributed by atoms with Crippen LogP contribution in [0.3, 0.4) is 0 Å². The van der Waals surface area contributed by atoms with Crippen LogP contribution in [0.15, 0.2) is 0 Å². The van der Waals surface area contributed by atoms with Crippen molar-refractivity contribution in [1.29, 1.82) is 0 Å². The quantitative estimate of drug-likeness (QED) is 0.706. The third-order valence-corrected chi connectivity index (χ3v) is 3.42. The Morgan fingerprint density at radius 3 is 3.00 bits per heavy atom. The molecule has 0 radical (unpaired) electrons. The molecule has 0 bridgehead atoms. The number of nitrogens with one attached hydrogen (secondary N) is 1. The van der Waals surface area contributed by atoms with Crippen molar-refractivity contribution in [3.05, 3.63) is 0 Å². The Morgan fingerprint density at radius 1 is 1.60 bits per heavy atom. The summed E-state index contributed by atoms with van der Waals surface area (Å²) < 4.78 is 10.5. The van der Waals surface area contributed by atoms with Gasteiger partial charge in [0, 0.05) is 13.0 Å². The molecular weight excluding hydrogens is 194 g/mol. The fourth-order valence-corrected chi connectivity index (χ4v) is 2.63. The lowest BCUT2D eigenvalue weighted by Gasteiger charge is -2.28. The smallest absolute Gasteiger partial charge is 0.326 e. The first-order chi connectivity index (χ1) is 7.27. The largest absolute Gasteiger partial charge is 0.468 e. The summed E-state index contributed by atoms with van der Waals surface area (Å²) in [7, 11) is 1.46. The zero-order valence-corrected chi connectivity index (χ0v) is 9.25. The van der Waals surface area contributed by atoms with Gasteiger partial charge in [-0.2, -0.15) is 0 Å². The van der Waals surface area contributed by atoms with Crippen molar-refractivity contribution in [1.82, 2.24) is 5.32 Å². The predicted molar refractivity (Wildman–Crippen MR) is 55.6 cm³/mol. The van der Waals surface area contributed by atoms with Crippen LogP contribution in [0.25, 0.3) is 0 Å². The summed E-state index contributed by atoms with van der Waals surface area (Å²) in [5.74, 6) is -0.129. The van der Waals surface area contributed by atoms with Gasteiger partial charge < -0.3 is 14.8 Å². The van der Waals surface area contributed by atoms with E-state index < -0.39 is 5.54 Å². The minimum absolute atomic E-state index is 0.129. The van der Waals surface area contributed by atoms with Gasteiger partial charge >= 0.3 is 5.97 Å². The number of hydrogen-bond acceptors (Lipinski definition) is 4. The second kappa shape index (κ2) is 4.49. The molecule has 0 aromatic carbocycles. The van der Waals surface area contributed by atoms with E-state index in [2.05, 4.69) is 5.32 Å². The summed E-state index contributed by atoms with van der Waals surface area (Å²) in [5, 5.41) is 3.29. The standard InChI is InChI=1S/C11H19NO3/c1-14-10(13)11(5-3-6-12-11)8-9-4-2-7-15-9/h9,12H,2-8H2,1H3. The first kappa shape index (κ1) is 10.9. The summed E-state index contributed by atoms with van der Waals surface area (Å²) in [6.07, 6.45) is 5.10. The maximum absolute atomic E-state index is 11.8. The van der Waals surface area contributed by atoms with Crippen molar-refractivity contribution in [2.24, 2.45) is 0 Å². The van der Waals surface area contributed by atoms with Crippen LogP contribution in [0.5, 0.6) is 0 Å². The average Bonchev–Trinajstić information content (AvgIpc) is 2.89. The van der Waals surface area contributed by atoms with Gasteiger partial charge in [0.2, 0.25) is 0 Å². The Morgan fingerprint density at radius 2 is 2.47 bits per heavy atom. The molecule has 2 rings (SSSR count). The molecule has 0 saturated carbocycles. The Bertz CT molecular complexity index is 230. The van der Waals surface area contributed by atoms with Crippen LogP contribution < -0.4 is 5.32 Å². The van der Waals surface area contributed by atoms with Crippen LogP contribution in [0, 0.1) is 0 Å². The maximum Gasteiger partial charge on any atom is 0.326 e. The Balaban J connectivity index is 2.01. The molecule has 2 aliphatic heterocycles. The minimum Gasteiger partial charge on any atom is -0.468 e. The molecule has 86 valence electrons. The molecule has 2 heterocycles. The molecule has 2 aliphatic rings. The number of carbonyl (C=O) groups is 1. The molecule has 2 unspecified atom stereocenters. The second-order valence-electron chi connectivity index (χ2n) is 4.44. The molecule has 0 amide bonds. The van der Waals surface area contributed by atoms with E-state index in [9.17, 15) is 4.79 Å². The highest BCUT2D eigenvalue weighted by Crippen LogP contribution is 2.30. The molecule has 0 aliphatic carbocycles. The Hall–Kier alpha value is -0.610. The highest BCUT2D eigenvalue weighted by molar-refractivity contribution is 5.81. The van der Waals surface area contributed by atoms with Crippen molar-refractivity contribution < 1.29 is 14.3 Å². The van der Waals surface area contributed by atoms with E-state index in [1.165, 1.54) is 7.11 Å². The topological polar surface area (TPSA) is 47.6 Å². The van der Waals surface area contributed by atoms with Gasteiger partial charge in [-0.3, -0.25) is 4.79 Å². The van der Waals surface area contributed by atoms with Crippen LogP contribution in [0.4, 0.5) is 0 Å². The van der Waals surface area contributed by atoms with E-state index in [1.54, 1.807) is 0 Å². The number of methoxy groups -OCH3 is 1. The van der Waals surface area contributed by atoms with Crippen molar-refractivity contribution in [3.8, 4) is 0 Å². The van der Waals surface area contributed by atoms with Gasteiger partial charge in [0.25, 0.3) is 0 Å². The van der Waals surface area contributed by atoms with Crippen LogP contribution in [-0.2, 0) is 14.3 Å². The van der Waals surface area contributed by atoms with Gasteiger partial charge in [0.1, 0.15) is 5.54 Å². The third-order valence-electron chi connectivity index (χ3n) is 3.42. The normalized spacial score (nSPS) is 35.7. The molecule has 0 aromatic heterocycles. The minimum atomic E-state index is -0.468. The average molecular weight is 213 g/mol. The van der Waals surface area contributed by atoms with E-state index in [4.69, 9.17) is 9.47 Å². The fraction of sp³-hybridized carbons (Fsp3) is 0.909. The molecular formula is C11H19NO3. The first-order valence-electron chi connectivity index (χ1n) is 5.72. The third kappa shape index (κ3) is 2.16. The highest BCUT2D eigenvalue weighted by atomic mass is 16.5. The van der Waals surface area contributed by atoms with Gasteiger partial charge in [0.05, 0.1) is 13.2 Å². The highest BCUT2D eigenvalue weighted by Gasteiger charge is 2.44. The molecule has 2 atom stereocenters. The fourth-order valence-electron chi connectivity index (χ4n) is 2.63. The van der Waals surface area contributed by atoms with Crippen LogP contribution in [-0.4, -0.2) is 37.9 Å². The summed E-state index contributed by atoms with van der Waals surface area (Å²) in [6, 6.07) is 0. The lowest BCUT2D eigenvalue weighted by Crippen LogP contribution is -2.50. The van der Waals surface area contributed by atoms with E-state index in [0.717, 1.165) is 45.3 Å². The van der Waals surface area contributed by atoms with Crippen LogP contribution >= 0.6 is 0 Å². The monoisotopic (exact) mass is 213 g/mol. The predicted octanol–water partition coefficient (Wildman–Crippen LogP) is 0.851. The van der Waals surface area contributed by atoms with Gasteiger partial charge in [-0.1, -0.05) is 0 Å². The summed E-state index contributed by atoms with van der Waals surface area (Å²) in [5.41, 5.74) is -0.468. The molecule has 15 heavy (non-hydrogen) atoms. The molecule has 2 saturated heterocycles. The summed E-state index contributed by atoms with van der Waals surface area (Å²) in [6.45, 7) is 1.74. The number of hydrogen-bond donors (Lipinski definition) is 1. The molecule has 0 aromatic rings. The maximum atomic E-state index is 11.8. The second-order valence-corrected chi connectivity index (χ2v) is 4.44. The van der Waals surface area contributed by atoms with E-state index in [1.807, 2.05) is 0 Å². The Kier molecular flexibility index (Phi) is 3.26. The van der Waals surface area contributed by atoms with Crippen molar-refractivity contribution >= 4 is 5.97 Å². The summed E-state index contributed by atoms with van der Waals surface area (Å²) in [4.78, 5) is 11.8. The molecule has 1 N–H and O–H groups in total. The van der Waals surface area contributed by atoms with Gasteiger partial charge in [-0.25, -0.2) is 0 Å². The van der Waals surface area contributed by atoms with E-state index in [-0.39, 0.29) is 12.1 Å². The van der Waals surface area contributed by atoms with Crippen LogP contribution in [0.2, 0.25) is 0 Å². The zero-order chi connectivity index (χ0) is 10.7. The van der Waals surface area contributed by atoms with Crippen molar-refractivity contribution in [2.75, 3.05) is 20.3 Å². The number of esters is 1. The number of carbonyl (C=O) groups excluding carboxylic acids is 1. The first-order valence-corrected chi connectivity index (χ1v) is 5.72.